The van der Waals surface area contributed by atoms with Crippen LogP contribution in [0, 0.1) is 0 Å². The molecule has 5 heteroatoms. The van der Waals surface area contributed by atoms with Gasteiger partial charge in [0.25, 0.3) is 0 Å². The van der Waals surface area contributed by atoms with E-state index in [0.29, 0.717) is 13.0 Å². The van der Waals surface area contributed by atoms with Crippen LogP contribution in [-0.4, -0.2) is 29.9 Å². The molecule has 1 aromatic heterocycles. The number of halogens is 1. The maximum absolute atomic E-state index is 12.1. The van der Waals surface area contributed by atoms with Gasteiger partial charge >= 0.3 is 0 Å². The van der Waals surface area contributed by atoms with Gasteiger partial charge in [0.15, 0.2) is 0 Å². The molecule has 3 nitrogen and oxygen atoms in total. The molecule has 2 heterocycles. The molecule has 2 N–H and O–H groups in total. The van der Waals surface area contributed by atoms with Crippen LogP contribution >= 0.6 is 23.7 Å². The second-order valence-corrected chi connectivity index (χ2v) is 5.58. The first-order valence-corrected chi connectivity index (χ1v) is 7.21. The Morgan fingerprint density at radius 3 is 3.00 bits per heavy atom. The fourth-order valence-corrected chi connectivity index (χ4v) is 3.11. The maximum Gasteiger partial charge on any atom is 0.223 e. The van der Waals surface area contributed by atoms with E-state index in [2.05, 4.69) is 11.4 Å². The highest BCUT2D eigenvalue weighted by Crippen LogP contribution is 2.18. The van der Waals surface area contributed by atoms with Gasteiger partial charge in [-0.05, 0) is 37.1 Å². The normalized spacial score (nSPS) is 19.4. The number of rotatable bonds is 4. The molecule has 1 aliphatic rings. The van der Waals surface area contributed by atoms with E-state index in [1.807, 2.05) is 11.0 Å². The summed E-state index contributed by atoms with van der Waals surface area (Å²) in [6.45, 7) is 1.50. The minimum absolute atomic E-state index is 0. The predicted octanol–water partition coefficient (Wildman–Crippen LogP) is 2.44. The summed E-state index contributed by atoms with van der Waals surface area (Å²) in [6.07, 6.45) is 4.89. The zero-order valence-electron chi connectivity index (χ0n) is 10.5. The Labute approximate surface area is 119 Å². The molecule has 0 aromatic carbocycles. The lowest BCUT2D eigenvalue weighted by atomic mass is 10.0. The zero-order chi connectivity index (χ0) is 12.1. The van der Waals surface area contributed by atoms with Crippen LogP contribution in [0.4, 0.5) is 0 Å². The molecule has 0 spiro atoms. The van der Waals surface area contributed by atoms with E-state index in [4.69, 9.17) is 5.73 Å². The van der Waals surface area contributed by atoms with Crippen molar-refractivity contribution in [3.05, 3.63) is 22.4 Å². The Bertz CT molecular complexity index is 356. The molecular weight excluding hydrogens is 268 g/mol. The quantitative estimate of drug-likeness (QED) is 0.925. The molecule has 2 rings (SSSR count). The minimum Gasteiger partial charge on any atom is -0.338 e. The van der Waals surface area contributed by atoms with Gasteiger partial charge in [0, 0.05) is 30.4 Å². The molecule has 1 saturated heterocycles. The molecule has 102 valence electrons. The van der Waals surface area contributed by atoms with Crippen LogP contribution in [0.1, 0.15) is 30.6 Å². The topological polar surface area (TPSA) is 46.3 Å². The Morgan fingerprint density at radius 1 is 1.50 bits per heavy atom. The first-order chi connectivity index (χ1) is 8.31. The van der Waals surface area contributed by atoms with Gasteiger partial charge < -0.3 is 10.6 Å². The number of piperidine rings is 1. The summed E-state index contributed by atoms with van der Waals surface area (Å²) >= 11 is 1.72. The number of hydrogen-bond donors (Lipinski definition) is 1. The molecule has 1 amide bonds. The number of carbonyl (C=O) groups excluding carboxylic acids is 1. The second kappa shape index (κ2) is 7.77. The zero-order valence-corrected chi connectivity index (χ0v) is 12.1. The van der Waals surface area contributed by atoms with Crippen molar-refractivity contribution in [2.24, 2.45) is 5.73 Å². The van der Waals surface area contributed by atoms with Crippen LogP contribution in [0.2, 0.25) is 0 Å². The Morgan fingerprint density at radius 2 is 2.33 bits per heavy atom. The molecule has 18 heavy (non-hydrogen) atoms. The predicted molar refractivity (Wildman–Crippen MR) is 78.3 cm³/mol. The average Bonchev–Trinajstić information content (AvgIpc) is 2.89. The van der Waals surface area contributed by atoms with Crippen molar-refractivity contribution >= 4 is 29.7 Å². The van der Waals surface area contributed by atoms with Crippen LogP contribution in [-0.2, 0) is 11.2 Å². The number of thiophene rings is 1. The van der Waals surface area contributed by atoms with Crippen LogP contribution in [0.5, 0.6) is 0 Å². The number of hydrogen-bond acceptors (Lipinski definition) is 3. The number of amides is 1. The number of likely N-dealkylation sites (tertiary alicyclic amines) is 1. The smallest absolute Gasteiger partial charge is 0.223 e. The third-order valence-corrected chi connectivity index (χ3v) is 4.32. The summed E-state index contributed by atoms with van der Waals surface area (Å²) in [7, 11) is 0. The molecule has 0 radical (unpaired) electrons. The van der Waals surface area contributed by atoms with Gasteiger partial charge in [-0.25, -0.2) is 0 Å². The second-order valence-electron chi connectivity index (χ2n) is 4.55. The van der Waals surface area contributed by atoms with Crippen molar-refractivity contribution in [3.8, 4) is 0 Å². The van der Waals surface area contributed by atoms with Gasteiger partial charge in [-0.1, -0.05) is 6.07 Å². The van der Waals surface area contributed by atoms with Crippen LogP contribution in [0.3, 0.4) is 0 Å². The highest BCUT2D eigenvalue weighted by atomic mass is 35.5. The summed E-state index contributed by atoms with van der Waals surface area (Å²) < 4.78 is 0. The summed E-state index contributed by atoms with van der Waals surface area (Å²) in [5.74, 6) is 0.272. The minimum atomic E-state index is 0. The van der Waals surface area contributed by atoms with E-state index in [9.17, 15) is 4.79 Å². The molecule has 1 aromatic rings. The molecule has 1 atom stereocenters. The fourth-order valence-electron chi connectivity index (χ4n) is 2.40. The van der Waals surface area contributed by atoms with E-state index >= 15 is 0 Å². The van der Waals surface area contributed by atoms with Crippen molar-refractivity contribution in [1.82, 2.24) is 4.90 Å². The molecule has 0 bridgehead atoms. The molecule has 1 fully saturated rings. The standard InChI is InChI=1S/C13H20N2OS.ClH/c14-10-11-4-1-2-8-15(11)13(16)7-6-12-5-3-9-17-12;/h3,5,9,11H,1-2,4,6-8,10,14H2;1H. The highest BCUT2D eigenvalue weighted by molar-refractivity contribution is 7.09. The van der Waals surface area contributed by atoms with Gasteiger partial charge in [0.1, 0.15) is 0 Å². The monoisotopic (exact) mass is 288 g/mol. The lowest BCUT2D eigenvalue weighted by Crippen LogP contribution is -2.47. The van der Waals surface area contributed by atoms with E-state index in [0.717, 1.165) is 25.8 Å². The van der Waals surface area contributed by atoms with E-state index in [1.54, 1.807) is 11.3 Å². The fraction of sp³-hybridized carbons (Fsp3) is 0.615. The van der Waals surface area contributed by atoms with Crippen molar-refractivity contribution in [1.29, 1.82) is 0 Å². The first kappa shape index (κ1) is 15.5. The Hall–Kier alpha value is -0.580. The number of nitrogens with zero attached hydrogens (tertiary/aromatic N) is 1. The van der Waals surface area contributed by atoms with Crippen LogP contribution in [0.25, 0.3) is 0 Å². The summed E-state index contributed by atoms with van der Waals surface area (Å²) in [4.78, 5) is 15.4. The third-order valence-electron chi connectivity index (χ3n) is 3.38. The van der Waals surface area contributed by atoms with Gasteiger partial charge in [-0.3, -0.25) is 4.79 Å². The van der Waals surface area contributed by atoms with Crippen molar-refractivity contribution in [2.75, 3.05) is 13.1 Å². The number of aryl methyl sites for hydroxylation is 1. The van der Waals surface area contributed by atoms with Gasteiger partial charge in [-0.15, -0.1) is 23.7 Å². The van der Waals surface area contributed by atoms with Crippen LogP contribution < -0.4 is 5.73 Å². The van der Waals surface area contributed by atoms with Gasteiger partial charge in [0.2, 0.25) is 5.91 Å². The third kappa shape index (κ3) is 3.97. The van der Waals surface area contributed by atoms with Crippen molar-refractivity contribution in [2.45, 2.75) is 38.1 Å². The van der Waals surface area contributed by atoms with Gasteiger partial charge in [-0.2, -0.15) is 0 Å². The highest BCUT2D eigenvalue weighted by Gasteiger charge is 2.24. The first-order valence-electron chi connectivity index (χ1n) is 6.33. The molecular formula is C13H21ClN2OS. The molecule has 0 saturated carbocycles. The van der Waals surface area contributed by atoms with E-state index < -0.39 is 0 Å². The average molecular weight is 289 g/mol. The van der Waals surface area contributed by atoms with E-state index in [-0.39, 0.29) is 24.4 Å². The molecule has 1 aliphatic heterocycles. The Balaban J connectivity index is 0.00000162. The number of carbonyl (C=O) groups is 1. The summed E-state index contributed by atoms with van der Waals surface area (Å²) in [6, 6.07) is 4.40. The van der Waals surface area contributed by atoms with Crippen molar-refractivity contribution < 1.29 is 4.79 Å². The summed E-state index contributed by atoms with van der Waals surface area (Å²) in [5.41, 5.74) is 5.73. The molecule has 0 aliphatic carbocycles. The Kier molecular flexibility index (Phi) is 6.68. The van der Waals surface area contributed by atoms with Crippen molar-refractivity contribution in [3.63, 3.8) is 0 Å². The van der Waals surface area contributed by atoms with E-state index in [1.165, 1.54) is 11.3 Å². The lowest BCUT2D eigenvalue weighted by molar-refractivity contribution is -0.134. The molecule has 1 unspecified atom stereocenters. The lowest BCUT2D eigenvalue weighted by Gasteiger charge is -2.35. The SMILES string of the molecule is Cl.NCC1CCCCN1C(=O)CCc1cccs1. The summed E-state index contributed by atoms with van der Waals surface area (Å²) in [5, 5.41) is 2.06. The van der Waals surface area contributed by atoms with Gasteiger partial charge in [0.05, 0.1) is 0 Å². The maximum atomic E-state index is 12.1. The largest absolute Gasteiger partial charge is 0.338 e. The van der Waals surface area contributed by atoms with Crippen LogP contribution in [0.15, 0.2) is 17.5 Å². The number of nitrogens with two attached hydrogens (primary N) is 1.